The summed E-state index contributed by atoms with van der Waals surface area (Å²) < 4.78 is 1.75. The van der Waals surface area contributed by atoms with E-state index < -0.39 is 0 Å². The molecule has 1 heterocycles. The lowest BCUT2D eigenvalue weighted by atomic mass is 10.1. The number of hydrogen-bond acceptors (Lipinski definition) is 3. The normalized spacial score (nSPS) is 13.1. The van der Waals surface area contributed by atoms with Crippen molar-refractivity contribution in [2.45, 2.75) is 25.9 Å². The molecule has 0 saturated heterocycles. The van der Waals surface area contributed by atoms with Crippen molar-refractivity contribution in [1.82, 2.24) is 20.0 Å². The molecule has 0 spiro atoms. The standard InChI is InChI=1S/C23H24N4O2/c1-26(15-17-5-3-2-4-6-17)23(29)20-9-11-21(12-10-20)27-16-18(14-25-27)13-24-22(28)19-7-8-19/h2-6,9-12,14,16,19H,7-8,13,15H2,1H3,(H,24,28). The van der Waals surface area contributed by atoms with Crippen molar-refractivity contribution in [1.29, 1.82) is 0 Å². The predicted molar refractivity (Wildman–Crippen MR) is 110 cm³/mol. The van der Waals surface area contributed by atoms with E-state index in [0.717, 1.165) is 29.7 Å². The van der Waals surface area contributed by atoms with E-state index in [4.69, 9.17) is 0 Å². The van der Waals surface area contributed by atoms with E-state index >= 15 is 0 Å². The number of aromatic nitrogens is 2. The Morgan fingerprint density at radius 2 is 1.79 bits per heavy atom. The Morgan fingerprint density at radius 1 is 1.07 bits per heavy atom. The molecule has 1 saturated carbocycles. The molecule has 0 unspecified atom stereocenters. The second-order valence-electron chi connectivity index (χ2n) is 7.48. The smallest absolute Gasteiger partial charge is 0.253 e. The zero-order chi connectivity index (χ0) is 20.2. The fraction of sp³-hybridized carbons (Fsp3) is 0.261. The minimum atomic E-state index is -0.0238. The molecule has 1 aliphatic rings. The van der Waals surface area contributed by atoms with E-state index in [1.807, 2.05) is 60.8 Å². The maximum absolute atomic E-state index is 12.7. The van der Waals surface area contributed by atoms with Gasteiger partial charge >= 0.3 is 0 Å². The second-order valence-corrected chi connectivity index (χ2v) is 7.48. The van der Waals surface area contributed by atoms with E-state index in [1.165, 1.54) is 0 Å². The molecular weight excluding hydrogens is 364 g/mol. The molecular formula is C23H24N4O2. The molecule has 0 atom stereocenters. The van der Waals surface area contributed by atoms with Gasteiger partial charge in [0.2, 0.25) is 5.91 Å². The van der Waals surface area contributed by atoms with Gasteiger partial charge in [0, 0.05) is 43.4 Å². The number of nitrogens with one attached hydrogen (secondary N) is 1. The summed E-state index contributed by atoms with van der Waals surface area (Å²) in [6, 6.07) is 17.3. The van der Waals surface area contributed by atoms with Gasteiger partial charge in [-0.25, -0.2) is 4.68 Å². The molecule has 2 amide bonds. The summed E-state index contributed by atoms with van der Waals surface area (Å²) in [7, 11) is 1.80. The van der Waals surface area contributed by atoms with Crippen molar-refractivity contribution in [3.05, 3.63) is 83.7 Å². The molecule has 1 aliphatic carbocycles. The lowest BCUT2D eigenvalue weighted by molar-refractivity contribution is -0.122. The third kappa shape index (κ3) is 4.71. The highest BCUT2D eigenvalue weighted by atomic mass is 16.2. The van der Waals surface area contributed by atoms with Crippen molar-refractivity contribution in [3.63, 3.8) is 0 Å². The Balaban J connectivity index is 1.37. The first-order chi connectivity index (χ1) is 14.1. The van der Waals surface area contributed by atoms with Gasteiger partial charge in [0.05, 0.1) is 11.9 Å². The van der Waals surface area contributed by atoms with Crippen molar-refractivity contribution >= 4 is 11.8 Å². The van der Waals surface area contributed by atoms with Gasteiger partial charge in [-0.3, -0.25) is 9.59 Å². The van der Waals surface area contributed by atoms with Crippen LogP contribution >= 0.6 is 0 Å². The third-order valence-corrected chi connectivity index (χ3v) is 5.04. The van der Waals surface area contributed by atoms with E-state index in [-0.39, 0.29) is 17.7 Å². The van der Waals surface area contributed by atoms with Gasteiger partial charge < -0.3 is 10.2 Å². The first-order valence-corrected chi connectivity index (χ1v) is 9.81. The maximum Gasteiger partial charge on any atom is 0.253 e. The zero-order valence-corrected chi connectivity index (χ0v) is 16.4. The number of carbonyl (C=O) groups excluding carboxylic acids is 2. The Morgan fingerprint density at radius 3 is 2.48 bits per heavy atom. The van der Waals surface area contributed by atoms with E-state index in [0.29, 0.717) is 18.7 Å². The number of rotatable bonds is 7. The van der Waals surface area contributed by atoms with Crippen LogP contribution in [0.3, 0.4) is 0 Å². The van der Waals surface area contributed by atoms with Gasteiger partial charge in [-0.05, 0) is 42.7 Å². The van der Waals surface area contributed by atoms with Gasteiger partial charge in [0.1, 0.15) is 0 Å². The van der Waals surface area contributed by atoms with Crippen LogP contribution in [0.1, 0.15) is 34.3 Å². The predicted octanol–water partition coefficient (Wildman–Crippen LogP) is 3.17. The van der Waals surface area contributed by atoms with E-state index in [2.05, 4.69) is 10.4 Å². The molecule has 2 aromatic carbocycles. The van der Waals surface area contributed by atoms with E-state index in [1.54, 1.807) is 22.8 Å². The Kier molecular flexibility index (Phi) is 5.42. The maximum atomic E-state index is 12.7. The summed E-state index contributed by atoms with van der Waals surface area (Å²) in [6.07, 6.45) is 5.64. The molecule has 4 rings (SSSR count). The average Bonchev–Trinajstić information content (AvgIpc) is 3.50. The summed E-state index contributed by atoms with van der Waals surface area (Å²) in [4.78, 5) is 26.1. The van der Waals surface area contributed by atoms with Crippen LogP contribution < -0.4 is 5.32 Å². The van der Waals surface area contributed by atoms with Crippen LogP contribution in [0.15, 0.2) is 67.0 Å². The molecule has 148 valence electrons. The number of amides is 2. The molecule has 1 fully saturated rings. The monoisotopic (exact) mass is 388 g/mol. The average molecular weight is 388 g/mol. The summed E-state index contributed by atoms with van der Waals surface area (Å²) in [6.45, 7) is 1.05. The minimum absolute atomic E-state index is 0.0238. The number of benzene rings is 2. The molecule has 3 aromatic rings. The topological polar surface area (TPSA) is 67.2 Å². The van der Waals surface area contributed by atoms with Crippen LogP contribution in [0.25, 0.3) is 5.69 Å². The van der Waals surface area contributed by atoms with Crippen molar-refractivity contribution < 1.29 is 9.59 Å². The Bertz CT molecular complexity index is 991. The van der Waals surface area contributed by atoms with Crippen LogP contribution in [0, 0.1) is 5.92 Å². The first kappa shape index (κ1) is 18.9. The van der Waals surface area contributed by atoms with Gasteiger partial charge in [0.25, 0.3) is 5.91 Å². The molecule has 29 heavy (non-hydrogen) atoms. The summed E-state index contributed by atoms with van der Waals surface area (Å²) >= 11 is 0. The van der Waals surface area contributed by atoms with Gasteiger partial charge in [-0.1, -0.05) is 30.3 Å². The summed E-state index contributed by atoms with van der Waals surface area (Å²) in [5, 5.41) is 7.30. The minimum Gasteiger partial charge on any atom is -0.352 e. The molecule has 6 nitrogen and oxygen atoms in total. The van der Waals surface area contributed by atoms with Crippen LogP contribution in [-0.2, 0) is 17.9 Å². The lowest BCUT2D eigenvalue weighted by Crippen LogP contribution is -2.26. The SMILES string of the molecule is CN(Cc1ccccc1)C(=O)c1ccc(-n2cc(CNC(=O)C3CC3)cn2)cc1. The number of carbonyl (C=O) groups is 2. The summed E-state index contributed by atoms with van der Waals surface area (Å²) in [5.41, 5.74) is 3.54. The van der Waals surface area contributed by atoms with Crippen molar-refractivity contribution in [2.24, 2.45) is 5.92 Å². The lowest BCUT2D eigenvalue weighted by Gasteiger charge is -2.17. The van der Waals surface area contributed by atoms with Crippen molar-refractivity contribution in [2.75, 3.05) is 7.05 Å². The van der Waals surface area contributed by atoms with Crippen molar-refractivity contribution in [3.8, 4) is 5.69 Å². The highest BCUT2D eigenvalue weighted by Gasteiger charge is 2.29. The second kappa shape index (κ2) is 8.31. The largest absolute Gasteiger partial charge is 0.352 e. The van der Waals surface area contributed by atoms with Crippen LogP contribution in [-0.4, -0.2) is 33.5 Å². The third-order valence-electron chi connectivity index (χ3n) is 5.04. The zero-order valence-electron chi connectivity index (χ0n) is 16.4. The van der Waals surface area contributed by atoms with Crippen LogP contribution in [0.5, 0.6) is 0 Å². The number of hydrogen-bond donors (Lipinski definition) is 1. The molecule has 6 heteroatoms. The van der Waals surface area contributed by atoms with Gasteiger partial charge in [-0.15, -0.1) is 0 Å². The van der Waals surface area contributed by atoms with E-state index in [9.17, 15) is 9.59 Å². The molecule has 0 bridgehead atoms. The molecule has 1 N–H and O–H groups in total. The van der Waals surface area contributed by atoms with Gasteiger partial charge in [-0.2, -0.15) is 5.10 Å². The van der Waals surface area contributed by atoms with Crippen LogP contribution in [0.4, 0.5) is 0 Å². The highest BCUT2D eigenvalue weighted by molar-refractivity contribution is 5.94. The fourth-order valence-corrected chi connectivity index (χ4v) is 3.18. The Hall–Kier alpha value is -3.41. The molecule has 1 aromatic heterocycles. The first-order valence-electron chi connectivity index (χ1n) is 9.81. The quantitative estimate of drug-likeness (QED) is 0.676. The number of nitrogens with zero attached hydrogens (tertiary/aromatic N) is 3. The van der Waals surface area contributed by atoms with Gasteiger partial charge in [0.15, 0.2) is 0 Å². The fourth-order valence-electron chi connectivity index (χ4n) is 3.18. The Labute approximate surface area is 170 Å². The highest BCUT2D eigenvalue weighted by Crippen LogP contribution is 2.28. The summed E-state index contributed by atoms with van der Waals surface area (Å²) in [5.74, 6) is 0.305. The molecule has 0 radical (unpaired) electrons. The molecule has 0 aliphatic heterocycles. The van der Waals surface area contributed by atoms with Crippen LogP contribution in [0.2, 0.25) is 0 Å².